The summed E-state index contributed by atoms with van der Waals surface area (Å²) >= 11 is 0. The van der Waals surface area contributed by atoms with Gasteiger partial charge in [-0.1, -0.05) is 13.0 Å². The lowest BCUT2D eigenvalue weighted by Gasteiger charge is -2.18. The van der Waals surface area contributed by atoms with Gasteiger partial charge in [0.05, 0.1) is 11.2 Å². The molecule has 3 N–H and O–H groups in total. The highest BCUT2D eigenvalue weighted by molar-refractivity contribution is 5.92. The number of carbonyl (C=O) groups excluding carboxylic acids is 1. The van der Waals surface area contributed by atoms with Crippen molar-refractivity contribution in [3.63, 3.8) is 0 Å². The van der Waals surface area contributed by atoms with E-state index in [1.807, 2.05) is 6.92 Å². The van der Waals surface area contributed by atoms with E-state index in [-0.39, 0.29) is 28.5 Å². The maximum Gasteiger partial charge on any atom is 0.270 e. The third-order valence-corrected chi connectivity index (χ3v) is 5.63. The minimum atomic E-state index is -0.743. The lowest BCUT2D eigenvalue weighted by Crippen LogP contribution is -2.27. The fourth-order valence-electron chi connectivity index (χ4n) is 3.92. The summed E-state index contributed by atoms with van der Waals surface area (Å²) in [6.45, 7) is 3.46. The molecule has 2 aromatic heterocycles. The van der Waals surface area contributed by atoms with Crippen molar-refractivity contribution in [2.24, 2.45) is 0 Å². The molecule has 0 aliphatic carbocycles. The quantitative estimate of drug-likeness (QED) is 0.506. The second kappa shape index (κ2) is 8.99. The third kappa shape index (κ3) is 4.31. The zero-order valence-electron chi connectivity index (χ0n) is 17.8. The van der Waals surface area contributed by atoms with Crippen LogP contribution >= 0.6 is 0 Å². The number of aromatic nitrogens is 3. The van der Waals surface area contributed by atoms with Gasteiger partial charge in [0, 0.05) is 38.3 Å². The summed E-state index contributed by atoms with van der Waals surface area (Å²) in [5, 5.41) is 5.52. The Morgan fingerprint density at radius 2 is 2.06 bits per heavy atom. The van der Waals surface area contributed by atoms with Crippen LogP contribution < -0.4 is 16.2 Å². The van der Waals surface area contributed by atoms with Crippen molar-refractivity contribution in [2.75, 3.05) is 25.5 Å². The summed E-state index contributed by atoms with van der Waals surface area (Å²) in [5.41, 5.74) is 1.23. The second-order valence-corrected chi connectivity index (χ2v) is 7.78. The van der Waals surface area contributed by atoms with E-state index in [0.717, 1.165) is 6.42 Å². The molecule has 0 bridgehead atoms. The highest BCUT2D eigenvalue weighted by Gasteiger charge is 2.25. The number of nitrogens with one attached hydrogen (secondary N) is 3. The Morgan fingerprint density at radius 3 is 2.78 bits per heavy atom. The summed E-state index contributed by atoms with van der Waals surface area (Å²) in [7, 11) is 1.45. The molecule has 0 unspecified atom stereocenters. The van der Waals surface area contributed by atoms with Crippen molar-refractivity contribution < 1.29 is 13.6 Å². The van der Waals surface area contributed by atoms with Gasteiger partial charge in [0.1, 0.15) is 16.9 Å². The summed E-state index contributed by atoms with van der Waals surface area (Å²) in [4.78, 5) is 36.2. The van der Waals surface area contributed by atoms with E-state index in [4.69, 9.17) is 0 Å². The van der Waals surface area contributed by atoms with Gasteiger partial charge in [0.2, 0.25) is 5.95 Å². The number of pyridine rings is 1. The van der Waals surface area contributed by atoms with Crippen molar-refractivity contribution in [1.29, 1.82) is 0 Å². The van der Waals surface area contributed by atoms with Crippen LogP contribution in [-0.2, 0) is 13.0 Å². The average molecular weight is 442 g/mol. The number of aryl methyl sites for hydroxylation is 1. The average Bonchev–Trinajstić information content (AvgIpc) is 3.23. The molecule has 8 nitrogen and oxygen atoms in total. The molecule has 168 valence electrons. The van der Waals surface area contributed by atoms with E-state index in [1.54, 1.807) is 12.1 Å². The molecule has 1 aliphatic heterocycles. The smallest absolute Gasteiger partial charge is 0.270 e. The van der Waals surface area contributed by atoms with E-state index < -0.39 is 17.7 Å². The van der Waals surface area contributed by atoms with Gasteiger partial charge in [-0.3, -0.25) is 14.5 Å². The first-order valence-electron chi connectivity index (χ1n) is 10.5. The lowest BCUT2D eigenvalue weighted by atomic mass is 10.1. The summed E-state index contributed by atoms with van der Waals surface area (Å²) < 4.78 is 29.3. The number of carbonyl (C=O) groups is 1. The number of halogens is 2. The molecule has 0 radical (unpaired) electrons. The number of fused-ring (bicyclic) bond motifs is 1. The van der Waals surface area contributed by atoms with Crippen molar-refractivity contribution in [3.8, 4) is 0 Å². The third-order valence-electron chi connectivity index (χ3n) is 5.63. The van der Waals surface area contributed by atoms with Gasteiger partial charge in [-0.15, -0.1) is 0 Å². The number of likely N-dealkylation sites (tertiary alicyclic amines) is 1. The molecule has 1 aliphatic rings. The van der Waals surface area contributed by atoms with Crippen molar-refractivity contribution in [3.05, 3.63) is 63.3 Å². The van der Waals surface area contributed by atoms with Crippen LogP contribution in [0, 0.1) is 11.8 Å². The molecule has 0 spiro atoms. The molecule has 1 aromatic carbocycles. The first kappa shape index (κ1) is 21.8. The molecule has 1 saturated heterocycles. The van der Waals surface area contributed by atoms with Crippen LogP contribution in [0.2, 0.25) is 0 Å². The number of aromatic amines is 1. The maximum absolute atomic E-state index is 15.0. The van der Waals surface area contributed by atoms with Gasteiger partial charge in [0.25, 0.3) is 11.5 Å². The number of hydrogen-bond donors (Lipinski definition) is 3. The minimum absolute atomic E-state index is 0.00830. The van der Waals surface area contributed by atoms with E-state index in [2.05, 4.69) is 30.5 Å². The normalized spacial score (nSPS) is 16.4. The molecule has 1 atom stereocenters. The highest BCUT2D eigenvalue weighted by Crippen LogP contribution is 2.23. The fraction of sp³-hybridized carbons (Fsp3) is 0.364. The van der Waals surface area contributed by atoms with Crippen molar-refractivity contribution in [1.82, 2.24) is 25.2 Å². The predicted molar refractivity (Wildman–Crippen MR) is 117 cm³/mol. The van der Waals surface area contributed by atoms with Crippen LogP contribution in [0.5, 0.6) is 0 Å². The Balaban J connectivity index is 1.44. The largest absolute Gasteiger partial charge is 0.377 e. The topological polar surface area (TPSA) is 103 Å². The molecule has 3 heterocycles. The van der Waals surface area contributed by atoms with Gasteiger partial charge in [-0.2, -0.15) is 4.39 Å². The van der Waals surface area contributed by atoms with Gasteiger partial charge >= 0.3 is 0 Å². The number of nitrogens with zero attached hydrogens (tertiary/aromatic N) is 3. The molecule has 1 amide bonds. The summed E-state index contributed by atoms with van der Waals surface area (Å²) in [6.07, 6.45) is 1.21. The van der Waals surface area contributed by atoms with Crippen LogP contribution in [0.1, 0.15) is 35.1 Å². The van der Waals surface area contributed by atoms with E-state index in [1.165, 1.54) is 19.2 Å². The molecule has 3 aromatic rings. The lowest BCUT2D eigenvalue weighted by molar-refractivity contribution is 0.0957. The van der Waals surface area contributed by atoms with Gasteiger partial charge in [-0.25, -0.2) is 14.4 Å². The highest BCUT2D eigenvalue weighted by atomic mass is 19.1. The SMILES string of the molecule is CCc1nc2ccc(CN3CC[C@H](Nc4ccc(C(=O)NC)nc4F)C3)c(F)c2[nH]c1=O. The second-order valence-electron chi connectivity index (χ2n) is 7.78. The number of H-pyrrole nitrogens is 1. The van der Waals surface area contributed by atoms with Crippen LogP contribution in [0.15, 0.2) is 29.1 Å². The molecule has 1 fully saturated rings. The Kier molecular flexibility index (Phi) is 6.13. The fourth-order valence-corrected chi connectivity index (χ4v) is 3.92. The van der Waals surface area contributed by atoms with Crippen LogP contribution in [0.4, 0.5) is 14.5 Å². The zero-order valence-corrected chi connectivity index (χ0v) is 17.8. The van der Waals surface area contributed by atoms with Gasteiger partial charge < -0.3 is 15.6 Å². The summed E-state index contributed by atoms with van der Waals surface area (Å²) in [6, 6.07) is 6.30. The molecule has 32 heavy (non-hydrogen) atoms. The van der Waals surface area contributed by atoms with Crippen LogP contribution in [0.25, 0.3) is 11.0 Å². The van der Waals surface area contributed by atoms with Gasteiger partial charge in [-0.05, 0) is 31.0 Å². The van der Waals surface area contributed by atoms with Crippen LogP contribution in [0.3, 0.4) is 0 Å². The molecule has 10 heteroatoms. The molecule has 0 saturated carbocycles. The van der Waals surface area contributed by atoms with E-state index in [0.29, 0.717) is 42.8 Å². The van der Waals surface area contributed by atoms with E-state index >= 15 is 4.39 Å². The monoisotopic (exact) mass is 442 g/mol. The van der Waals surface area contributed by atoms with Crippen molar-refractivity contribution >= 4 is 22.6 Å². The Labute approximate surface area is 183 Å². The Morgan fingerprint density at radius 1 is 1.25 bits per heavy atom. The van der Waals surface area contributed by atoms with Crippen molar-refractivity contribution in [2.45, 2.75) is 32.4 Å². The first-order chi connectivity index (χ1) is 15.4. The summed E-state index contributed by atoms with van der Waals surface area (Å²) in [5.74, 6) is -1.68. The standard InChI is InChI=1S/C22H24F2N6O2/c1-3-14-22(32)29-19-15(27-14)5-4-12(18(19)23)10-30-9-8-13(11-30)26-16-6-7-17(21(31)25-2)28-20(16)24/h4-7,13,26H,3,8-11H2,1-2H3,(H,25,31)(H,29,32)/t13-/m0/s1. The number of rotatable bonds is 6. The van der Waals surface area contributed by atoms with Crippen LogP contribution in [-0.4, -0.2) is 51.9 Å². The first-order valence-corrected chi connectivity index (χ1v) is 10.5. The molecule has 4 rings (SSSR count). The maximum atomic E-state index is 15.0. The number of amides is 1. The number of anilines is 1. The molecular weight excluding hydrogens is 418 g/mol. The Bertz CT molecular complexity index is 1230. The van der Waals surface area contributed by atoms with Gasteiger partial charge in [0.15, 0.2) is 5.82 Å². The number of benzene rings is 1. The predicted octanol–water partition coefficient (Wildman–Crippen LogP) is 2.20. The van der Waals surface area contributed by atoms with E-state index in [9.17, 15) is 14.0 Å². The molecular formula is C22H24F2N6O2. The number of hydrogen-bond acceptors (Lipinski definition) is 6. The Hall–Kier alpha value is -3.40. The minimum Gasteiger partial charge on any atom is -0.377 e. The zero-order chi connectivity index (χ0) is 22.8.